The molecule has 0 spiro atoms. The van der Waals surface area contributed by atoms with Crippen LogP contribution >= 0.6 is 0 Å². The van der Waals surface area contributed by atoms with Gasteiger partial charge in [-0.15, -0.1) is 0 Å². The molecule has 4 rings (SSSR count). The summed E-state index contributed by atoms with van der Waals surface area (Å²) < 4.78 is 0. The first-order chi connectivity index (χ1) is 9.76. The lowest BCUT2D eigenvalue weighted by molar-refractivity contribution is -0.00280. The summed E-state index contributed by atoms with van der Waals surface area (Å²) in [7, 11) is 0. The van der Waals surface area contributed by atoms with Gasteiger partial charge in [0.1, 0.15) is 0 Å². The highest BCUT2D eigenvalue weighted by Crippen LogP contribution is 2.52. The van der Waals surface area contributed by atoms with Gasteiger partial charge in [0.15, 0.2) is 0 Å². The second-order valence-electron chi connectivity index (χ2n) is 7.35. The molecule has 6 atom stereocenters. The number of nitrogens with zero attached hydrogens (tertiary/aromatic N) is 3. The molecule has 3 aliphatic rings. The van der Waals surface area contributed by atoms with Crippen LogP contribution in [0.1, 0.15) is 83.3 Å². The highest BCUT2D eigenvalue weighted by atomic mass is 16.3. The predicted octanol–water partition coefficient (Wildman–Crippen LogP) is 3.51. The number of rotatable bonds is 3. The van der Waals surface area contributed by atoms with Gasteiger partial charge >= 0.3 is 0 Å². The van der Waals surface area contributed by atoms with Gasteiger partial charge in [0.2, 0.25) is 0 Å². The number of aliphatic hydroxyl groups is 1. The number of aromatic nitrogens is 3. The summed E-state index contributed by atoms with van der Waals surface area (Å²) in [5.41, 5.74) is 0. The van der Waals surface area contributed by atoms with Crippen molar-refractivity contribution >= 4 is 0 Å². The molecule has 4 nitrogen and oxygen atoms in total. The molecule has 2 aliphatic carbocycles. The largest absolute Gasteiger partial charge is 0.391 e. The number of hydrogen-bond acceptors (Lipinski definition) is 1. The van der Waals surface area contributed by atoms with Gasteiger partial charge in [-0.3, -0.25) is 0 Å². The third kappa shape index (κ3) is 1.69. The Bertz CT molecular complexity index is 447. The molecule has 2 fully saturated rings. The standard InChI is InChI=1S/C16H29N3O/c1-3-11-9-12(4-2)16(20)15(10-11)19-17-13-7-5-6-8-14(13)18(17)19/h11-16,20H,3-10H2,1-2H3. The van der Waals surface area contributed by atoms with Crippen molar-refractivity contribution in [2.24, 2.45) is 11.8 Å². The van der Waals surface area contributed by atoms with Gasteiger partial charge in [-0.1, -0.05) is 39.5 Å². The summed E-state index contributed by atoms with van der Waals surface area (Å²) in [6.07, 6.45) is 10.2. The van der Waals surface area contributed by atoms with Crippen LogP contribution in [0.15, 0.2) is 0 Å². The van der Waals surface area contributed by atoms with Gasteiger partial charge in [0.25, 0.3) is 0 Å². The molecule has 1 aromatic heterocycles. The zero-order valence-electron chi connectivity index (χ0n) is 12.9. The molecular weight excluding hydrogens is 250 g/mol. The van der Waals surface area contributed by atoms with Gasteiger partial charge in [-0.05, 0) is 37.5 Å². The van der Waals surface area contributed by atoms with Crippen molar-refractivity contribution in [3.05, 3.63) is 0 Å². The number of aliphatic hydroxyl groups excluding tert-OH is 1. The third-order valence-corrected chi connectivity index (χ3v) is 6.37. The molecule has 0 aromatic carbocycles. The third-order valence-electron chi connectivity index (χ3n) is 6.37. The van der Waals surface area contributed by atoms with Crippen molar-refractivity contribution in [3.8, 4) is 0 Å². The van der Waals surface area contributed by atoms with Crippen molar-refractivity contribution in [2.45, 2.75) is 89.4 Å². The lowest BCUT2D eigenvalue weighted by Gasteiger charge is -2.37. The molecule has 0 amide bonds. The summed E-state index contributed by atoms with van der Waals surface area (Å²) in [6, 6.07) is 1.88. The smallest absolute Gasteiger partial charge is 0.0972 e. The Kier molecular flexibility index (Phi) is 3.06. The SMILES string of the molecule is CCC1CC(CC)C(O)C(n2n3n2C2CCCCC23)C1. The van der Waals surface area contributed by atoms with Gasteiger partial charge < -0.3 is 5.11 Å². The molecule has 20 heavy (non-hydrogen) atoms. The van der Waals surface area contributed by atoms with E-state index in [2.05, 4.69) is 28.2 Å². The highest BCUT2D eigenvalue weighted by molar-refractivity contribution is 4.99. The maximum atomic E-state index is 10.8. The zero-order valence-corrected chi connectivity index (χ0v) is 12.9. The minimum atomic E-state index is -0.129. The Balaban J connectivity index is 1.56. The maximum absolute atomic E-state index is 10.8. The van der Waals surface area contributed by atoms with E-state index in [0.717, 1.165) is 24.4 Å². The molecule has 0 saturated heterocycles. The molecule has 1 aliphatic heterocycles. The van der Waals surface area contributed by atoms with Gasteiger partial charge in [-0.2, -0.15) is 14.4 Å². The van der Waals surface area contributed by atoms with Gasteiger partial charge in [0.05, 0.1) is 24.2 Å². The Morgan fingerprint density at radius 3 is 2.00 bits per heavy atom. The summed E-state index contributed by atoms with van der Waals surface area (Å²) >= 11 is 0. The molecule has 0 radical (unpaired) electrons. The molecule has 1 N–H and O–H groups in total. The van der Waals surface area contributed by atoms with E-state index in [1.54, 1.807) is 0 Å². The number of hydrogen-bond donors (Lipinski definition) is 1. The fourth-order valence-electron chi connectivity index (χ4n) is 5.06. The summed E-state index contributed by atoms with van der Waals surface area (Å²) in [5, 5.41) is 10.8. The van der Waals surface area contributed by atoms with E-state index in [-0.39, 0.29) is 6.10 Å². The van der Waals surface area contributed by atoms with Crippen LogP contribution in [0.25, 0.3) is 0 Å². The minimum absolute atomic E-state index is 0.129. The van der Waals surface area contributed by atoms with Gasteiger partial charge in [0, 0.05) is 0 Å². The molecule has 4 heteroatoms. The average Bonchev–Trinajstić information content (AvgIpc) is 3.13. The maximum Gasteiger partial charge on any atom is 0.0972 e. The first-order valence-electron chi connectivity index (χ1n) is 8.81. The van der Waals surface area contributed by atoms with Crippen LogP contribution in [-0.4, -0.2) is 25.6 Å². The van der Waals surface area contributed by atoms with Crippen LogP contribution < -0.4 is 0 Å². The van der Waals surface area contributed by atoms with Crippen LogP contribution in [0, 0.1) is 11.8 Å². The second kappa shape index (κ2) is 4.69. The van der Waals surface area contributed by atoms with E-state index in [1.165, 1.54) is 44.9 Å². The highest BCUT2D eigenvalue weighted by Gasteiger charge is 2.52. The number of fused-ring (bicyclic) bond motifs is 4. The molecule has 0 bridgehead atoms. The van der Waals surface area contributed by atoms with E-state index in [4.69, 9.17) is 0 Å². The van der Waals surface area contributed by atoms with E-state index < -0.39 is 0 Å². The van der Waals surface area contributed by atoms with E-state index in [1.807, 2.05) is 0 Å². The zero-order chi connectivity index (χ0) is 13.9. The Hall–Kier alpha value is -0.640. The van der Waals surface area contributed by atoms with E-state index >= 15 is 0 Å². The lowest BCUT2D eigenvalue weighted by Crippen LogP contribution is -2.37. The summed E-state index contributed by atoms with van der Waals surface area (Å²) in [6.45, 7) is 4.55. The van der Waals surface area contributed by atoms with Crippen molar-refractivity contribution in [1.82, 2.24) is 14.4 Å². The monoisotopic (exact) mass is 279 g/mol. The Morgan fingerprint density at radius 1 is 0.850 bits per heavy atom. The van der Waals surface area contributed by atoms with E-state index in [0.29, 0.717) is 12.0 Å². The topological polar surface area (TPSA) is 35.0 Å². The Morgan fingerprint density at radius 2 is 1.45 bits per heavy atom. The van der Waals surface area contributed by atoms with Crippen molar-refractivity contribution < 1.29 is 5.11 Å². The molecule has 1 aromatic rings. The molecule has 2 heterocycles. The summed E-state index contributed by atoms with van der Waals surface area (Å²) in [5.74, 6) is 1.31. The lowest BCUT2D eigenvalue weighted by atomic mass is 9.74. The molecule has 6 unspecified atom stereocenters. The van der Waals surface area contributed by atoms with Crippen LogP contribution in [0.2, 0.25) is 0 Å². The minimum Gasteiger partial charge on any atom is -0.391 e. The van der Waals surface area contributed by atoms with Crippen LogP contribution in [0.3, 0.4) is 0 Å². The predicted molar refractivity (Wildman–Crippen MR) is 78.8 cm³/mol. The normalized spacial score (nSPS) is 44.0. The Labute approximate surface area is 121 Å². The first-order valence-corrected chi connectivity index (χ1v) is 8.81. The molecular formula is C16H29N3O. The van der Waals surface area contributed by atoms with Crippen molar-refractivity contribution in [2.75, 3.05) is 0 Å². The fraction of sp³-hybridized carbons (Fsp3) is 1.00. The van der Waals surface area contributed by atoms with Crippen LogP contribution in [0.4, 0.5) is 0 Å². The fourth-order valence-corrected chi connectivity index (χ4v) is 5.06. The molecule has 114 valence electrons. The van der Waals surface area contributed by atoms with Crippen molar-refractivity contribution in [3.63, 3.8) is 0 Å². The second-order valence-corrected chi connectivity index (χ2v) is 7.35. The average molecular weight is 279 g/mol. The van der Waals surface area contributed by atoms with Crippen LogP contribution in [-0.2, 0) is 0 Å². The summed E-state index contributed by atoms with van der Waals surface area (Å²) in [4.78, 5) is 7.36. The quantitative estimate of drug-likeness (QED) is 0.903. The van der Waals surface area contributed by atoms with Crippen molar-refractivity contribution in [1.29, 1.82) is 0 Å². The van der Waals surface area contributed by atoms with E-state index in [9.17, 15) is 5.11 Å². The molecule has 2 saturated carbocycles. The van der Waals surface area contributed by atoms with Crippen LogP contribution in [0.5, 0.6) is 0 Å². The first kappa shape index (κ1) is 13.1. The van der Waals surface area contributed by atoms with Gasteiger partial charge in [-0.25, -0.2) is 0 Å².